The zero-order chi connectivity index (χ0) is 19.7. The molecule has 0 fully saturated rings. The molecule has 0 saturated heterocycles. The molecule has 0 spiro atoms. The zero-order valence-corrected chi connectivity index (χ0v) is 15.6. The minimum Gasteiger partial charge on any atom is -0.497 e. The fourth-order valence-electron chi connectivity index (χ4n) is 2.67. The van der Waals surface area contributed by atoms with Gasteiger partial charge < -0.3 is 13.7 Å². The van der Waals surface area contributed by atoms with Crippen LogP contribution in [0.2, 0.25) is 0 Å². The maximum Gasteiger partial charge on any atom is 0.346 e. The number of oxazole rings is 1. The number of methoxy groups -OCH3 is 1. The van der Waals surface area contributed by atoms with Crippen molar-refractivity contribution in [3.63, 3.8) is 0 Å². The van der Waals surface area contributed by atoms with Crippen molar-refractivity contribution in [1.82, 2.24) is 29.5 Å². The lowest BCUT2D eigenvalue weighted by Crippen LogP contribution is -2.23. The molecule has 4 rings (SSSR count). The molecule has 144 valence electrons. The van der Waals surface area contributed by atoms with Crippen LogP contribution in [0.25, 0.3) is 11.5 Å². The summed E-state index contributed by atoms with van der Waals surface area (Å²) in [5.74, 6) is 2.62. The van der Waals surface area contributed by atoms with Crippen LogP contribution in [0.1, 0.15) is 23.2 Å². The lowest BCUT2D eigenvalue weighted by molar-refractivity contribution is 0.359. The zero-order valence-electron chi connectivity index (χ0n) is 15.6. The van der Waals surface area contributed by atoms with E-state index in [0.717, 1.165) is 11.3 Å². The number of hydrogen-bond acceptors (Lipinski definition) is 8. The van der Waals surface area contributed by atoms with Gasteiger partial charge in [-0.2, -0.15) is 10.1 Å². The van der Waals surface area contributed by atoms with E-state index in [1.54, 1.807) is 27.3 Å². The predicted molar refractivity (Wildman–Crippen MR) is 96.9 cm³/mol. The summed E-state index contributed by atoms with van der Waals surface area (Å²) in [5, 5.41) is 8.09. The fourth-order valence-corrected chi connectivity index (χ4v) is 2.67. The van der Waals surface area contributed by atoms with Crippen molar-refractivity contribution in [1.29, 1.82) is 0 Å². The van der Waals surface area contributed by atoms with Gasteiger partial charge in [0.05, 0.1) is 19.2 Å². The summed E-state index contributed by atoms with van der Waals surface area (Å²) >= 11 is 0. The number of rotatable bonds is 6. The molecule has 0 atom stereocenters. The SMILES string of the molecule is COc1ccc(-c2nc(Cc3noc(Cn4nc(C)n(C)c4=O)n3)co2)cc1. The predicted octanol–water partition coefficient (Wildman–Crippen LogP) is 1.58. The van der Waals surface area contributed by atoms with E-state index in [-0.39, 0.29) is 12.2 Å². The molecule has 0 N–H and O–H groups in total. The maximum atomic E-state index is 12.0. The molecule has 4 aromatic rings. The van der Waals surface area contributed by atoms with E-state index < -0.39 is 0 Å². The van der Waals surface area contributed by atoms with E-state index in [0.29, 0.717) is 35.5 Å². The summed E-state index contributed by atoms with van der Waals surface area (Å²) in [6, 6.07) is 7.42. The first-order valence-corrected chi connectivity index (χ1v) is 8.54. The number of aryl methyl sites for hydroxylation is 1. The quantitative estimate of drug-likeness (QED) is 0.494. The van der Waals surface area contributed by atoms with Crippen LogP contribution < -0.4 is 10.4 Å². The summed E-state index contributed by atoms with van der Waals surface area (Å²) in [7, 11) is 3.27. The Bertz CT molecular complexity index is 1150. The highest BCUT2D eigenvalue weighted by Crippen LogP contribution is 2.22. The molecule has 0 aliphatic heterocycles. The average molecular weight is 382 g/mol. The second kappa shape index (κ2) is 7.14. The number of nitrogens with zero attached hydrogens (tertiary/aromatic N) is 6. The number of aromatic nitrogens is 6. The molecule has 28 heavy (non-hydrogen) atoms. The minimum absolute atomic E-state index is 0.115. The Morgan fingerprint density at radius 3 is 2.64 bits per heavy atom. The molecule has 0 unspecified atom stereocenters. The van der Waals surface area contributed by atoms with Gasteiger partial charge in [0.2, 0.25) is 11.8 Å². The third-order valence-electron chi connectivity index (χ3n) is 4.28. The second-order valence-electron chi connectivity index (χ2n) is 6.20. The van der Waals surface area contributed by atoms with Crippen LogP contribution in [-0.2, 0) is 20.0 Å². The van der Waals surface area contributed by atoms with Gasteiger partial charge in [0.1, 0.15) is 24.4 Å². The monoisotopic (exact) mass is 382 g/mol. The second-order valence-corrected chi connectivity index (χ2v) is 6.20. The molecule has 3 heterocycles. The maximum absolute atomic E-state index is 12.0. The summed E-state index contributed by atoms with van der Waals surface area (Å²) < 4.78 is 18.6. The molecule has 0 saturated carbocycles. The van der Waals surface area contributed by atoms with E-state index in [4.69, 9.17) is 13.7 Å². The molecule has 0 aliphatic rings. The molecular formula is C18H18N6O4. The third-order valence-corrected chi connectivity index (χ3v) is 4.28. The molecule has 0 aliphatic carbocycles. The van der Waals surface area contributed by atoms with Gasteiger partial charge in [-0.05, 0) is 31.2 Å². The summed E-state index contributed by atoms with van der Waals surface area (Å²) in [6.07, 6.45) is 1.90. The molecule has 10 heteroatoms. The standard InChI is InChI=1S/C18H18N6O4/c1-11-21-24(18(25)23(11)2)9-16-20-15(22-28-16)8-13-10-27-17(19-13)12-4-6-14(26-3)7-5-12/h4-7,10H,8-9H2,1-3H3. The Hall–Kier alpha value is -3.69. The van der Waals surface area contributed by atoms with Gasteiger partial charge in [0, 0.05) is 12.6 Å². The van der Waals surface area contributed by atoms with Crippen molar-refractivity contribution in [2.45, 2.75) is 19.9 Å². The molecule has 10 nitrogen and oxygen atoms in total. The fraction of sp³-hybridized carbons (Fsp3) is 0.278. The van der Waals surface area contributed by atoms with Gasteiger partial charge in [-0.3, -0.25) is 4.57 Å². The van der Waals surface area contributed by atoms with Gasteiger partial charge in [0.15, 0.2) is 5.82 Å². The third kappa shape index (κ3) is 3.43. The Labute approximate surface area is 159 Å². The van der Waals surface area contributed by atoms with E-state index in [2.05, 4.69) is 20.2 Å². The van der Waals surface area contributed by atoms with E-state index in [1.165, 1.54) is 9.25 Å². The van der Waals surface area contributed by atoms with Crippen LogP contribution in [0.4, 0.5) is 0 Å². The highest BCUT2D eigenvalue weighted by molar-refractivity contribution is 5.54. The van der Waals surface area contributed by atoms with Crippen molar-refractivity contribution in [3.05, 3.63) is 64.2 Å². The van der Waals surface area contributed by atoms with Gasteiger partial charge in [-0.25, -0.2) is 14.5 Å². The Morgan fingerprint density at radius 1 is 1.18 bits per heavy atom. The molecule has 0 amide bonds. The summed E-state index contributed by atoms with van der Waals surface area (Å²) in [6.45, 7) is 1.87. The topological polar surface area (TPSA) is 114 Å². The molecule has 1 aromatic carbocycles. The normalized spacial score (nSPS) is 11.1. The van der Waals surface area contributed by atoms with E-state index >= 15 is 0 Å². The summed E-state index contributed by atoms with van der Waals surface area (Å²) in [5.41, 5.74) is 1.27. The van der Waals surface area contributed by atoms with Crippen LogP contribution in [0.15, 0.2) is 44.3 Å². The minimum atomic E-state index is -0.238. The average Bonchev–Trinajstić information content (AvgIpc) is 3.41. The van der Waals surface area contributed by atoms with Gasteiger partial charge in [0.25, 0.3) is 0 Å². The lowest BCUT2D eigenvalue weighted by Gasteiger charge is -1.99. The van der Waals surface area contributed by atoms with Crippen molar-refractivity contribution >= 4 is 0 Å². The van der Waals surface area contributed by atoms with Crippen molar-refractivity contribution in [3.8, 4) is 17.2 Å². The molecule has 0 bridgehead atoms. The molecular weight excluding hydrogens is 364 g/mol. The first kappa shape index (κ1) is 17.7. The largest absolute Gasteiger partial charge is 0.497 e. The highest BCUT2D eigenvalue weighted by atomic mass is 16.5. The van der Waals surface area contributed by atoms with Crippen LogP contribution in [0.3, 0.4) is 0 Å². The van der Waals surface area contributed by atoms with Crippen LogP contribution in [0, 0.1) is 6.92 Å². The molecule has 0 radical (unpaired) electrons. The van der Waals surface area contributed by atoms with Gasteiger partial charge in [-0.1, -0.05) is 5.16 Å². The van der Waals surface area contributed by atoms with Crippen molar-refractivity contribution in [2.24, 2.45) is 7.05 Å². The first-order chi connectivity index (χ1) is 13.5. The van der Waals surface area contributed by atoms with Crippen LogP contribution in [-0.4, -0.2) is 36.6 Å². The number of benzene rings is 1. The van der Waals surface area contributed by atoms with Gasteiger partial charge in [-0.15, -0.1) is 0 Å². The van der Waals surface area contributed by atoms with Crippen molar-refractivity contribution < 1.29 is 13.7 Å². The number of ether oxygens (including phenoxy) is 1. The number of hydrogen-bond donors (Lipinski definition) is 0. The summed E-state index contributed by atoms with van der Waals surface area (Å²) in [4.78, 5) is 20.8. The lowest BCUT2D eigenvalue weighted by atomic mass is 10.2. The van der Waals surface area contributed by atoms with Crippen molar-refractivity contribution in [2.75, 3.05) is 7.11 Å². The van der Waals surface area contributed by atoms with Gasteiger partial charge >= 0.3 is 5.69 Å². The first-order valence-electron chi connectivity index (χ1n) is 8.54. The Balaban J connectivity index is 1.46. The highest BCUT2D eigenvalue weighted by Gasteiger charge is 2.14. The Morgan fingerprint density at radius 2 is 1.96 bits per heavy atom. The van der Waals surface area contributed by atoms with E-state index in [9.17, 15) is 4.79 Å². The molecule has 3 aromatic heterocycles. The smallest absolute Gasteiger partial charge is 0.346 e. The Kier molecular flexibility index (Phi) is 4.52. The van der Waals surface area contributed by atoms with Crippen LogP contribution >= 0.6 is 0 Å². The van der Waals surface area contributed by atoms with Crippen LogP contribution in [0.5, 0.6) is 5.75 Å². The van der Waals surface area contributed by atoms with E-state index in [1.807, 2.05) is 24.3 Å².